The van der Waals surface area contributed by atoms with E-state index in [1.165, 1.54) is 12.5 Å². The fraction of sp³-hybridized carbons (Fsp3) is 0.300. The summed E-state index contributed by atoms with van der Waals surface area (Å²) in [5.41, 5.74) is 1.57. The molecule has 2 aliphatic rings. The van der Waals surface area contributed by atoms with Gasteiger partial charge in [0.2, 0.25) is 5.91 Å². The van der Waals surface area contributed by atoms with Crippen LogP contribution < -0.4 is 14.8 Å². The van der Waals surface area contributed by atoms with Crippen LogP contribution in [0.1, 0.15) is 37.7 Å². The fourth-order valence-corrected chi connectivity index (χ4v) is 3.30. The Kier molecular flexibility index (Phi) is 4.14. The van der Waals surface area contributed by atoms with Crippen LogP contribution in [0, 0.1) is 0 Å². The van der Waals surface area contributed by atoms with Crippen LogP contribution in [0.25, 0.3) is 6.08 Å². The smallest absolute Gasteiger partial charge is 0.251 e. The summed E-state index contributed by atoms with van der Waals surface area (Å²) in [7, 11) is 0. The van der Waals surface area contributed by atoms with Gasteiger partial charge in [0.05, 0.1) is 0 Å². The van der Waals surface area contributed by atoms with Gasteiger partial charge in [0.15, 0.2) is 11.5 Å². The zero-order chi connectivity index (χ0) is 17.1. The van der Waals surface area contributed by atoms with Crippen molar-refractivity contribution < 1.29 is 14.3 Å². The number of anilines is 1. The van der Waals surface area contributed by atoms with Gasteiger partial charge in [0.1, 0.15) is 0 Å². The summed E-state index contributed by atoms with van der Waals surface area (Å²) < 4.78 is 12.1. The van der Waals surface area contributed by atoms with E-state index in [4.69, 9.17) is 9.47 Å². The van der Waals surface area contributed by atoms with Crippen LogP contribution in [0.15, 0.2) is 48.8 Å². The second-order valence-electron chi connectivity index (χ2n) is 6.45. The van der Waals surface area contributed by atoms with E-state index in [-0.39, 0.29) is 5.91 Å². The van der Waals surface area contributed by atoms with Gasteiger partial charge in [-0.05, 0) is 42.7 Å². The van der Waals surface area contributed by atoms with Crippen LogP contribution in [0.5, 0.6) is 11.5 Å². The number of amides is 1. The van der Waals surface area contributed by atoms with E-state index in [2.05, 4.69) is 10.3 Å². The van der Waals surface area contributed by atoms with Crippen molar-refractivity contribution in [1.82, 2.24) is 4.98 Å². The van der Waals surface area contributed by atoms with Gasteiger partial charge in [-0.2, -0.15) is 0 Å². The number of carbonyl (C=O) groups excluding carboxylic acids is 1. The maximum absolute atomic E-state index is 12.1. The first-order valence-electron chi connectivity index (χ1n) is 8.64. The van der Waals surface area contributed by atoms with Gasteiger partial charge in [-0.25, -0.2) is 0 Å². The molecule has 5 nitrogen and oxygen atoms in total. The topological polar surface area (TPSA) is 60.5 Å². The number of ether oxygens (including phenoxy) is 2. The van der Waals surface area contributed by atoms with E-state index in [1.54, 1.807) is 18.5 Å². The molecule has 1 spiro atoms. The third kappa shape index (κ3) is 3.50. The minimum atomic E-state index is -0.497. The molecule has 1 amide bonds. The van der Waals surface area contributed by atoms with Gasteiger partial charge in [0.25, 0.3) is 5.79 Å². The molecule has 2 aromatic rings. The molecular formula is C20H20N2O3. The molecule has 1 aromatic carbocycles. The van der Waals surface area contributed by atoms with Crippen molar-refractivity contribution in [3.8, 4) is 11.5 Å². The number of hydrogen-bond acceptors (Lipinski definition) is 4. The lowest BCUT2D eigenvalue weighted by molar-refractivity contribution is -0.111. The van der Waals surface area contributed by atoms with Crippen LogP contribution in [-0.4, -0.2) is 16.7 Å². The van der Waals surface area contributed by atoms with E-state index in [0.717, 1.165) is 37.0 Å². The third-order valence-electron chi connectivity index (χ3n) is 4.53. The van der Waals surface area contributed by atoms with Crippen molar-refractivity contribution in [1.29, 1.82) is 0 Å². The summed E-state index contributed by atoms with van der Waals surface area (Å²) in [6.07, 6.45) is 11.9. The van der Waals surface area contributed by atoms with Crippen LogP contribution in [0.3, 0.4) is 0 Å². The maximum Gasteiger partial charge on any atom is 0.251 e. The summed E-state index contributed by atoms with van der Waals surface area (Å²) in [6, 6.07) is 9.24. The van der Waals surface area contributed by atoms with E-state index in [1.807, 2.05) is 30.3 Å². The average molecular weight is 336 g/mol. The molecule has 5 heteroatoms. The zero-order valence-electron chi connectivity index (χ0n) is 13.9. The second-order valence-corrected chi connectivity index (χ2v) is 6.45. The molecule has 1 aromatic heterocycles. The predicted octanol–water partition coefficient (Wildman–Crippen LogP) is 4.17. The quantitative estimate of drug-likeness (QED) is 0.855. The summed E-state index contributed by atoms with van der Waals surface area (Å²) in [4.78, 5) is 16.1. The Hall–Kier alpha value is -2.82. The minimum Gasteiger partial charge on any atom is -0.448 e. The predicted molar refractivity (Wildman–Crippen MR) is 95.4 cm³/mol. The highest BCUT2D eigenvalue weighted by Gasteiger charge is 2.42. The fourth-order valence-electron chi connectivity index (χ4n) is 3.30. The molecule has 1 fully saturated rings. The Labute approximate surface area is 146 Å². The van der Waals surface area contributed by atoms with Crippen molar-refractivity contribution >= 4 is 17.7 Å². The number of carbonyl (C=O) groups is 1. The molecule has 0 saturated heterocycles. The molecule has 1 aliphatic heterocycles. The van der Waals surface area contributed by atoms with Gasteiger partial charge in [-0.3, -0.25) is 9.78 Å². The number of fused-ring (bicyclic) bond motifs is 1. The molecule has 0 unspecified atom stereocenters. The molecule has 0 radical (unpaired) electrons. The van der Waals surface area contributed by atoms with Crippen LogP contribution in [0.2, 0.25) is 0 Å². The molecule has 0 atom stereocenters. The summed E-state index contributed by atoms with van der Waals surface area (Å²) in [5, 5.41) is 2.85. The van der Waals surface area contributed by atoms with E-state index < -0.39 is 5.79 Å². The van der Waals surface area contributed by atoms with Crippen molar-refractivity contribution in [3.63, 3.8) is 0 Å². The van der Waals surface area contributed by atoms with Crippen LogP contribution in [-0.2, 0) is 4.79 Å². The first-order valence-corrected chi connectivity index (χ1v) is 8.64. The molecule has 4 rings (SSSR count). The summed E-state index contributed by atoms with van der Waals surface area (Å²) >= 11 is 0. The highest BCUT2D eigenvalue weighted by molar-refractivity contribution is 6.02. The van der Waals surface area contributed by atoms with Gasteiger partial charge >= 0.3 is 0 Å². The van der Waals surface area contributed by atoms with Crippen molar-refractivity contribution in [2.45, 2.75) is 37.9 Å². The van der Waals surface area contributed by atoms with Crippen molar-refractivity contribution in [2.24, 2.45) is 0 Å². The van der Waals surface area contributed by atoms with E-state index in [9.17, 15) is 4.79 Å². The normalized spacial score (nSPS) is 17.8. The van der Waals surface area contributed by atoms with Gasteiger partial charge < -0.3 is 14.8 Å². The lowest BCUT2D eigenvalue weighted by Gasteiger charge is -2.31. The second kappa shape index (κ2) is 6.59. The Bertz CT molecular complexity index is 796. The van der Waals surface area contributed by atoms with Crippen molar-refractivity contribution in [2.75, 3.05) is 5.32 Å². The Morgan fingerprint density at radius 3 is 2.76 bits per heavy atom. The third-order valence-corrected chi connectivity index (χ3v) is 4.53. The number of pyridine rings is 1. The van der Waals surface area contributed by atoms with Crippen molar-refractivity contribution in [3.05, 3.63) is 54.4 Å². The lowest BCUT2D eigenvalue weighted by Crippen LogP contribution is -2.40. The number of hydrogen-bond donors (Lipinski definition) is 1. The zero-order valence-corrected chi connectivity index (χ0v) is 13.9. The van der Waals surface area contributed by atoms with Crippen LogP contribution in [0.4, 0.5) is 5.69 Å². The molecular weight excluding hydrogens is 316 g/mol. The highest BCUT2D eigenvalue weighted by atomic mass is 16.7. The summed E-state index contributed by atoms with van der Waals surface area (Å²) in [5.74, 6) is 0.764. The standard InChI is InChI=1S/C20H20N2O3/c23-19(9-6-15-5-4-12-21-14-15)22-16-7-8-17-18(13-16)25-20(24-17)10-2-1-3-11-20/h4-9,12-14H,1-3,10-11H2,(H,22,23)/b9-6+. The average Bonchev–Trinajstić information content (AvgIpc) is 2.98. The van der Waals surface area contributed by atoms with Gasteiger partial charge in [0, 0.05) is 43.1 Å². The van der Waals surface area contributed by atoms with E-state index >= 15 is 0 Å². The highest BCUT2D eigenvalue weighted by Crippen LogP contribution is 2.46. The SMILES string of the molecule is O=C(/C=C/c1cccnc1)Nc1ccc2c(c1)OC1(CCCCC1)O2. The number of nitrogens with one attached hydrogen (secondary N) is 1. The monoisotopic (exact) mass is 336 g/mol. The minimum absolute atomic E-state index is 0.199. The van der Waals surface area contributed by atoms with Gasteiger partial charge in [-0.1, -0.05) is 12.5 Å². The molecule has 1 N–H and O–H groups in total. The van der Waals surface area contributed by atoms with E-state index in [0.29, 0.717) is 11.4 Å². The molecule has 128 valence electrons. The Balaban J connectivity index is 1.42. The van der Waals surface area contributed by atoms with Crippen LogP contribution >= 0.6 is 0 Å². The Morgan fingerprint density at radius 2 is 1.96 bits per heavy atom. The Morgan fingerprint density at radius 1 is 1.12 bits per heavy atom. The molecule has 0 bridgehead atoms. The summed E-state index contributed by atoms with van der Waals surface area (Å²) in [6.45, 7) is 0. The largest absolute Gasteiger partial charge is 0.448 e. The molecule has 1 saturated carbocycles. The molecule has 1 aliphatic carbocycles. The lowest BCUT2D eigenvalue weighted by atomic mass is 9.94. The number of benzene rings is 1. The van der Waals surface area contributed by atoms with Gasteiger partial charge in [-0.15, -0.1) is 0 Å². The molecule has 25 heavy (non-hydrogen) atoms. The number of rotatable bonds is 3. The number of aromatic nitrogens is 1. The molecule has 2 heterocycles. The first-order chi connectivity index (χ1) is 12.2. The number of nitrogens with zero attached hydrogens (tertiary/aromatic N) is 1. The first kappa shape index (κ1) is 15.7. The maximum atomic E-state index is 12.1.